The average molecular weight is 350 g/mol. The lowest BCUT2D eigenvalue weighted by atomic mass is 10.1. The maximum absolute atomic E-state index is 5.42. The molecular formula is C19H22N6O. The van der Waals surface area contributed by atoms with Gasteiger partial charge in [-0.05, 0) is 35.7 Å². The van der Waals surface area contributed by atoms with Crippen molar-refractivity contribution in [1.82, 2.24) is 20.2 Å². The molecule has 4 heterocycles. The van der Waals surface area contributed by atoms with Crippen LogP contribution >= 0.6 is 0 Å². The van der Waals surface area contributed by atoms with E-state index in [9.17, 15) is 0 Å². The number of aromatic nitrogens is 4. The molecule has 0 aromatic carbocycles. The normalized spacial score (nSPS) is 14.8. The van der Waals surface area contributed by atoms with E-state index in [1.54, 1.807) is 6.20 Å². The second kappa shape index (κ2) is 7.21. The number of nitrogens with one attached hydrogen (secondary N) is 1. The largest absolute Gasteiger partial charge is 0.378 e. The highest BCUT2D eigenvalue weighted by atomic mass is 16.5. The van der Waals surface area contributed by atoms with Crippen LogP contribution in [0.25, 0.3) is 11.0 Å². The lowest BCUT2D eigenvalue weighted by molar-refractivity contribution is 0.122. The molecule has 1 saturated heterocycles. The molecule has 7 heteroatoms. The van der Waals surface area contributed by atoms with Crippen molar-refractivity contribution in [3.05, 3.63) is 42.2 Å². The molecule has 1 aliphatic rings. The van der Waals surface area contributed by atoms with Crippen LogP contribution in [0.2, 0.25) is 0 Å². The Bertz CT molecular complexity index is 907. The van der Waals surface area contributed by atoms with Crippen LogP contribution in [0.3, 0.4) is 0 Å². The molecule has 3 aromatic heterocycles. The number of hydrogen-bond donors (Lipinski definition) is 1. The van der Waals surface area contributed by atoms with Gasteiger partial charge in [-0.2, -0.15) is 5.10 Å². The number of fused-ring (bicyclic) bond motifs is 1. The predicted octanol–water partition coefficient (Wildman–Crippen LogP) is 3.12. The van der Waals surface area contributed by atoms with E-state index in [1.807, 2.05) is 24.4 Å². The van der Waals surface area contributed by atoms with Gasteiger partial charge in [-0.15, -0.1) is 5.10 Å². The maximum atomic E-state index is 5.42. The zero-order valence-corrected chi connectivity index (χ0v) is 15.0. The monoisotopic (exact) mass is 350 g/mol. The molecule has 7 nitrogen and oxygen atoms in total. The third kappa shape index (κ3) is 3.57. The van der Waals surface area contributed by atoms with E-state index in [-0.39, 0.29) is 0 Å². The third-order valence-corrected chi connectivity index (χ3v) is 4.50. The van der Waals surface area contributed by atoms with Gasteiger partial charge in [0.25, 0.3) is 0 Å². The van der Waals surface area contributed by atoms with Crippen molar-refractivity contribution in [2.24, 2.45) is 0 Å². The summed E-state index contributed by atoms with van der Waals surface area (Å²) < 4.78 is 5.42. The number of hydrogen-bond acceptors (Lipinski definition) is 7. The zero-order chi connectivity index (χ0) is 17.9. The average Bonchev–Trinajstić information content (AvgIpc) is 2.68. The highest BCUT2D eigenvalue weighted by molar-refractivity contribution is 5.80. The van der Waals surface area contributed by atoms with Gasteiger partial charge in [-0.1, -0.05) is 13.8 Å². The van der Waals surface area contributed by atoms with Gasteiger partial charge < -0.3 is 15.0 Å². The molecule has 0 spiro atoms. The second-order valence-electron chi connectivity index (χ2n) is 6.68. The lowest BCUT2D eigenvalue weighted by Crippen LogP contribution is -2.36. The van der Waals surface area contributed by atoms with Gasteiger partial charge in [0.15, 0.2) is 5.82 Å². The molecular weight excluding hydrogens is 328 g/mol. The minimum Gasteiger partial charge on any atom is -0.378 e. The Kier molecular flexibility index (Phi) is 4.62. The Morgan fingerprint density at radius 2 is 1.88 bits per heavy atom. The molecule has 1 aliphatic heterocycles. The van der Waals surface area contributed by atoms with Gasteiger partial charge in [0.1, 0.15) is 5.82 Å². The molecule has 0 amide bonds. The summed E-state index contributed by atoms with van der Waals surface area (Å²) in [6.45, 7) is 7.52. The third-order valence-electron chi connectivity index (χ3n) is 4.50. The summed E-state index contributed by atoms with van der Waals surface area (Å²) >= 11 is 0. The summed E-state index contributed by atoms with van der Waals surface area (Å²) in [6, 6.07) is 7.96. The van der Waals surface area contributed by atoms with Gasteiger partial charge in [0.2, 0.25) is 0 Å². The van der Waals surface area contributed by atoms with Gasteiger partial charge in [-0.3, -0.25) is 4.98 Å². The Morgan fingerprint density at radius 3 is 2.69 bits per heavy atom. The van der Waals surface area contributed by atoms with Gasteiger partial charge in [-0.25, -0.2) is 4.98 Å². The van der Waals surface area contributed by atoms with Gasteiger partial charge >= 0.3 is 0 Å². The first kappa shape index (κ1) is 16.7. The quantitative estimate of drug-likeness (QED) is 0.774. The van der Waals surface area contributed by atoms with Crippen LogP contribution in [0.4, 0.5) is 17.3 Å². The van der Waals surface area contributed by atoms with Crippen LogP contribution in [0.15, 0.2) is 36.7 Å². The predicted molar refractivity (Wildman–Crippen MR) is 102 cm³/mol. The fraction of sp³-hybridized carbons (Fsp3) is 0.368. The van der Waals surface area contributed by atoms with Crippen LogP contribution in [0.5, 0.6) is 0 Å². The summed E-state index contributed by atoms with van der Waals surface area (Å²) in [7, 11) is 0. The van der Waals surface area contributed by atoms with E-state index in [1.165, 1.54) is 0 Å². The number of morpholine rings is 1. The molecule has 1 N–H and O–H groups in total. The summed E-state index contributed by atoms with van der Waals surface area (Å²) in [5.74, 6) is 1.82. The second-order valence-corrected chi connectivity index (χ2v) is 6.68. The zero-order valence-electron chi connectivity index (χ0n) is 15.0. The minimum atomic E-state index is 0.399. The highest BCUT2D eigenvalue weighted by Gasteiger charge is 2.12. The van der Waals surface area contributed by atoms with Crippen molar-refractivity contribution >= 4 is 28.4 Å². The van der Waals surface area contributed by atoms with Crippen LogP contribution in [0.1, 0.15) is 25.3 Å². The first-order chi connectivity index (χ1) is 12.7. The SMILES string of the molecule is CC(C)c1cnnc(Nc2ccc3ncc(N4CCOCC4)cc3n2)c1. The number of ether oxygens (including phenoxy) is 1. The fourth-order valence-corrected chi connectivity index (χ4v) is 2.95. The molecule has 134 valence electrons. The van der Waals surface area contributed by atoms with Crippen molar-refractivity contribution in [2.75, 3.05) is 36.5 Å². The van der Waals surface area contributed by atoms with E-state index in [0.29, 0.717) is 11.7 Å². The molecule has 4 rings (SSSR count). The van der Waals surface area contributed by atoms with Crippen molar-refractivity contribution in [3.63, 3.8) is 0 Å². The standard InChI is InChI=1S/C19H22N6O/c1-13(2)14-9-19(24-21-11-14)23-18-4-3-16-17(22-18)10-15(12-20-16)25-5-7-26-8-6-25/h3-4,9-13H,5-8H2,1-2H3,(H,22,23,24). The Morgan fingerprint density at radius 1 is 1.04 bits per heavy atom. The fourth-order valence-electron chi connectivity index (χ4n) is 2.95. The number of anilines is 3. The number of pyridine rings is 2. The molecule has 0 saturated carbocycles. The molecule has 0 unspecified atom stereocenters. The number of rotatable bonds is 4. The van der Waals surface area contributed by atoms with Crippen molar-refractivity contribution < 1.29 is 4.74 Å². The van der Waals surface area contributed by atoms with Crippen LogP contribution in [0, 0.1) is 0 Å². The Hall–Kier alpha value is -2.80. The van der Waals surface area contributed by atoms with Crippen molar-refractivity contribution in [1.29, 1.82) is 0 Å². The summed E-state index contributed by atoms with van der Waals surface area (Å²) in [4.78, 5) is 11.5. The lowest BCUT2D eigenvalue weighted by Gasteiger charge is -2.28. The van der Waals surface area contributed by atoms with Crippen LogP contribution in [-0.2, 0) is 4.74 Å². The molecule has 3 aromatic rings. The smallest absolute Gasteiger partial charge is 0.154 e. The first-order valence-electron chi connectivity index (χ1n) is 8.88. The maximum Gasteiger partial charge on any atom is 0.154 e. The molecule has 0 atom stereocenters. The molecule has 0 radical (unpaired) electrons. The van der Waals surface area contributed by atoms with E-state index < -0.39 is 0 Å². The molecule has 1 fully saturated rings. The Labute approximate surface area is 152 Å². The topological polar surface area (TPSA) is 76.1 Å². The van der Waals surface area contributed by atoms with E-state index in [2.05, 4.69) is 45.3 Å². The van der Waals surface area contributed by atoms with E-state index in [4.69, 9.17) is 9.72 Å². The molecule has 0 aliphatic carbocycles. The van der Waals surface area contributed by atoms with Crippen molar-refractivity contribution in [3.8, 4) is 0 Å². The van der Waals surface area contributed by atoms with Crippen molar-refractivity contribution in [2.45, 2.75) is 19.8 Å². The van der Waals surface area contributed by atoms with E-state index in [0.717, 1.165) is 54.4 Å². The summed E-state index contributed by atoms with van der Waals surface area (Å²) in [6.07, 6.45) is 3.70. The minimum absolute atomic E-state index is 0.399. The molecule has 26 heavy (non-hydrogen) atoms. The van der Waals surface area contributed by atoms with E-state index >= 15 is 0 Å². The highest BCUT2D eigenvalue weighted by Crippen LogP contribution is 2.23. The Balaban J connectivity index is 1.60. The summed E-state index contributed by atoms with van der Waals surface area (Å²) in [5.41, 5.74) is 3.94. The summed E-state index contributed by atoms with van der Waals surface area (Å²) in [5, 5.41) is 11.5. The van der Waals surface area contributed by atoms with Crippen LogP contribution < -0.4 is 10.2 Å². The number of nitrogens with zero attached hydrogens (tertiary/aromatic N) is 5. The van der Waals surface area contributed by atoms with Gasteiger partial charge in [0, 0.05) is 13.1 Å². The van der Waals surface area contributed by atoms with Crippen LogP contribution in [-0.4, -0.2) is 46.5 Å². The first-order valence-corrected chi connectivity index (χ1v) is 8.88. The van der Waals surface area contributed by atoms with Gasteiger partial charge in [0.05, 0.1) is 42.3 Å². The molecule has 0 bridgehead atoms.